The average molecular weight is 278 g/mol. The van der Waals surface area contributed by atoms with Gasteiger partial charge in [0.2, 0.25) is 0 Å². The largest absolute Gasteiger partial charge is 0.505 e. The minimum absolute atomic E-state index is 0.0465. The molecule has 1 aromatic rings. The zero-order valence-electron chi connectivity index (χ0n) is 12.0. The highest BCUT2D eigenvalue weighted by molar-refractivity contribution is 5.40. The molecule has 0 amide bonds. The molecule has 0 unspecified atom stereocenters. The number of nitrogens with one attached hydrogen (secondary N) is 1. The van der Waals surface area contributed by atoms with Crippen molar-refractivity contribution in [2.45, 2.75) is 25.8 Å². The first-order valence-electron chi connectivity index (χ1n) is 7.18. The summed E-state index contributed by atoms with van der Waals surface area (Å²) in [5.74, 6) is -0.696. The number of halogens is 1. The normalized spacial score (nSPS) is 17.9. The Labute approximate surface area is 120 Å². The summed E-state index contributed by atoms with van der Waals surface area (Å²) in [6.45, 7) is 9.11. The lowest BCUT2D eigenvalue weighted by atomic mass is 9.97. The first-order valence-corrected chi connectivity index (χ1v) is 7.18. The van der Waals surface area contributed by atoms with Crippen molar-refractivity contribution in [1.82, 2.24) is 10.2 Å². The maximum atomic E-state index is 13.9. The van der Waals surface area contributed by atoms with Crippen LogP contribution >= 0.6 is 0 Å². The lowest BCUT2D eigenvalue weighted by molar-refractivity contribution is 0.163. The van der Waals surface area contributed by atoms with Crippen LogP contribution in [-0.2, 0) is 0 Å². The van der Waals surface area contributed by atoms with Gasteiger partial charge in [-0.1, -0.05) is 18.2 Å². The molecule has 2 N–H and O–H groups in total. The van der Waals surface area contributed by atoms with Gasteiger partial charge < -0.3 is 10.4 Å². The molecular weight excluding hydrogens is 255 g/mol. The molecule has 0 aliphatic carbocycles. The van der Waals surface area contributed by atoms with Crippen molar-refractivity contribution in [2.24, 2.45) is 0 Å². The van der Waals surface area contributed by atoms with E-state index in [0.29, 0.717) is 11.1 Å². The molecule has 0 bridgehead atoms. The van der Waals surface area contributed by atoms with Crippen LogP contribution < -0.4 is 5.32 Å². The Kier molecular flexibility index (Phi) is 5.15. The molecule has 0 saturated carbocycles. The highest BCUT2D eigenvalue weighted by atomic mass is 19.1. The van der Waals surface area contributed by atoms with Gasteiger partial charge in [-0.15, -0.1) is 6.58 Å². The Morgan fingerprint density at radius 2 is 2.15 bits per heavy atom. The van der Waals surface area contributed by atoms with Crippen LogP contribution in [0.25, 0.3) is 0 Å². The van der Waals surface area contributed by atoms with Crippen molar-refractivity contribution in [3.05, 3.63) is 41.7 Å². The average Bonchev–Trinajstić information content (AvgIpc) is 2.48. The van der Waals surface area contributed by atoms with E-state index in [0.717, 1.165) is 39.0 Å². The Bertz CT molecular complexity index is 470. The molecule has 1 aromatic carbocycles. The van der Waals surface area contributed by atoms with E-state index in [-0.39, 0.29) is 11.8 Å². The van der Waals surface area contributed by atoms with Gasteiger partial charge in [0, 0.05) is 37.8 Å². The predicted molar refractivity (Wildman–Crippen MR) is 79.4 cm³/mol. The summed E-state index contributed by atoms with van der Waals surface area (Å²) in [5.41, 5.74) is 1.17. The highest BCUT2D eigenvalue weighted by Crippen LogP contribution is 2.35. The second kappa shape index (κ2) is 6.86. The molecule has 1 aliphatic rings. The third kappa shape index (κ3) is 3.19. The summed E-state index contributed by atoms with van der Waals surface area (Å²) in [5, 5.41) is 13.4. The van der Waals surface area contributed by atoms with E-state index in [1.807, 2.05) is 12.1 Å². The van der Waals surface area contributed by atoms with Crippen LogP contribution in [0.5, 0.6) is 5.75 Å². The Balaban J connectivity index is 2.29. The molecule has 1 heterocycles. The first-order chi connectivity index (χ1) is 9.65. The van der Waals surface area contributed by atoms with Crippen LogP contribution in [0.15, 0.2) is 24.8 Å². The van der Waals surface area contributed by atoms with E-state index in [9.17, 15) is 9.50 Å². The van der Waals surface area contributed by atoms with Gasteiger partial charge in [0.15, 0.2) is 11.6 Å². The van der Waals surface area contributed by atoms with Gasteiger partial charge in [-0.2, -0.15) is 0 Å². The quantitative estimate of drug-likeness (QED) is 0.813. The van der Waals surface area contributed by atoms with Crippen molar-refractivity contribution < 1.29 is 9.50 Å². The third-order valence-electron chi connectivity index (χ3n) is 3.94. The molecule has 110 valence electrons. The van der Waals surface area contributed by atoms with E-state index in [1.165, 1.54) is 0 Å². The highest BCUT2D eigenvalue weighted by Gasteiger charge is 2.25. The van der Waals surface area contributed by atoms with Crippen LogP contribution in [0.4, 0.5) is 4.39 Å². The maximum Gasteiger partial charge on any atom is 0.168 e. The minimum atomic E-state index is -0.499. The van der Waals surface area contributed by atoms with Crippen molar-refractivity contribution in [3.8, 4) is 5.75 Å². The summed E-state index contributed by atoms with van der Waals surface area (Å²) < 4.78 is 13.9. The van der Waals surface area contributed by atoms with Crippen molar-refractivity contribution in [1.29, 1.82) is 0 Å². The fraction of sp³-hybridized carbons (Fsp3) is 0.500. The minimum Gasteiger partial charge on any atom is -0.505 e. The summed E-state index contributed by atoms with van der Waals surface area (Å²) in [7, 11) is 0. The van der Waals surface area contributed by atoms with Gasteiger partial charge in [0.25, 0.3) is 0 Å². The first kappa shape index (κ1) is 15.0. The van der Waals surface area contributed by atoms with Crippen LogP contribution in [0.3, 0.4) is 0 Å². The number of hydrogen-bond acceptors (Lipinski definition) is 3. The van der Waals surface area contributed by atoms with Crippen LogP contribution in [-0.4, -0.2) is 36.2 Å². The zero-order valence-corrected chi connectivity index (χ0v) is 12.0. The fourth-order valence-corrected chi connectivity index (χ4v) is 2.75. The molecule has 2 rings (SSSR count). The molecule has 1 atom stereocenters. The number of aromatic hydroxyl groups is 1. The number of phenolic OH excluding ortho intramolecular Hbond substituents is 1. The fourth-order valence-electron chi connectivity index (χ4n) is 2.75. The van der Waals surface area contributed by atoms with E-state index in [2.05, 4.69) is 16.8 Å². The van der Waals surface area contributed by atoms with Crippen LogP contribution in [0.1, 0.15) is 30.0 Å². The number of nitrogens with zero attached hydrogens (tertiary/aromatic N) is 1. The van der Waals surface area contributed by atoms with Gasteiger partial charge in [-0.25, -0.2) is 4.39 Å². The maximum absolute atomic E-state index is 13.9. The molecule has 0 spiro atoms. The van der Waals surface area contributed by atoms with E-state index in [4.69, 9.17) is 0 Å². The zero-order chi connectivity index (χ0) is 14.5. The number of rotatable bonds is 5. The Morgan fingerprint density at radius 1 is 1.45 bits per heavy atom. The van der Waals surface area contributed by atoms with E-state index < -0.39 is 5.82 Å². The number of benzene rings is 1. The summed E-state index contributed by atoms with van der Waals surface area (Å²) in [6.07, 6.45) is 3.57. The molecule has 0 radical (unpaired) electrons. The number of aryl methyl sites for hydroxylation is 1. The second-order valence-electron chi connectivity index (χ2n) is 5.30. The van der Waals surface area contributed by atoms with Gasteiger partial charge in [0.05, 0.1) is 0 Å². The Morgan fingerprint density at radius 3 is 2.80 bits per heavy atom. The van der Waals surface area contributed by atoms with Crippen molar-refractivity contribution in [2.75, 3.05) is 26.2 Å². The standard InChI is InChI=1S/C16H23FN2O/c1-3-4-5-14(19-10-8-18-9-11-19)13-7-6-12(2)15(17)16(13)20/h3,6-7,14,18,20H,1,4-5,8-11H2,2H3/t14-/m0/s1. The number of hydrogen-bond donors (Lipinski definition) is 2. The van der Waals surface area contributed by atoms with E-state index >= 15 is 0 Å². The van der Waals surface area contributed by atoms with Gasteiger partial charge >= 0.3 is 0 Å². The number of piperazine rings is 1. The summed E-state index contributed by atoms with van der Waals surface area (Å²) in [4.78, 5) is 2.31. The third-order valence-corrected chi connectivity index (χ3v) is 3.94. The lowest BCUT2D eigenvalue weighted by Gasteiger charge is -2.35. The molecule has 1 saturated heterocycles. The summed E-state index contributed by atoms with van der Waals surface area (Å²) in [6, 6.07) is 3.64. The number of phenols is 1. The molecule has 4 heteroatoms. The van der Waals surface area contributed by atoms with E-state index in [1.54, 1.807) is 13.0 Å². The SMILES string of the molecule is C=CCC[C@@H](c1ccc(C)c(F)c1O)N1CCNCC1. The van der Waals surface area contributed by atoms with Crippen LogP contribution in [0, 0.1) is 12.7 Å². The van der Waals surface area contributed by atoms with Gasteiger partial charge in [0.1, 0.15) is 0 Å². The van der Waals surface area contributed by atoms with Crippen molar-refractivity contribution >= 4 is 0 Å². The molecule has 0 aromatic heterocycles. The monoisotopic (exact) mass is 278 g/mol. The van der Waals surface area contributed by atoms with Crippen LogP contribution in [0.2, 0.25) is 0 Å². The lowest BCUT2D eigenvalue weighted by Crippen LogP contribution is -2.45. The van der Waals surface area contributed by atoms with Gasteiger partial charge in [-0.05, 0) is 25.3 Å². The Hall–Kier alpha value is -1.39. The molecule has 1 fully saturated rings. The molecule has 20 heavy (non-hydrogen) atoms. The molecule has 3 nitrogen and oxygen atoms in total. The van der Waals surface area contributed by atoms with Crippen molar-refractivity contribution in [3.63, 3.8) is 0 Å². The predicted octanol–water partition coefficient (Wildman–Crippen LogP) is 2.75. The topological polar surface area (TPSA) is 35.5 Å². The smallest absolute Gasteiger partial charge is 0.168 e. The second-order valence-corrected chi connectivity index (χ2v) is 5.30. The van der Waals surface area contributed by atoms with Gasteiger partial charge in [-0.3, -0.25) is 4.90 Å². The molecular formula is C16H23FN2O. The molecule has 1 aliphatic heterocycles. The number of allylic oxidation sites excluding steroid dienone is 1. The summed E-state index contributed by atoms with van der Waals surface area (Å²) >= 11 is 0.